The van der Waals surface area contributed by atoms with E-state index in [4.69, 9.17) is 10.00 Å². The molecule has 0 aliphatic rings. The quantitative estimate of drug-likeness (QED) is 0.830. The zero-order chi connectivity index (χ0) is 10.4. The van der Waals surface area contributed by atoms with Crippen LogP contribution in [0.1, 0.15) is 12.0 Å². The van der Waals surface area contributed by atoms with Crippen LogP contribution in [0.3, 0.4) is 0 Å². The van der Waals surface area contributed by atoms with Crippen molar-refractivity contribution in [3.05, 3.63) is 28.2 Å². The third kappa shape index (κ3) is 3.35. The van der Waals surface area contributed by atoms with E-state index in [1.165, 1.54) is 0 Å². The first-order valence-corrected chi connectivity index (χ1v) is 4.90. The van der Waals surface area contributed by atoms with Crippen LogP contribution in [0.25, 0.3) is 0 Å². The zero-order valence-corrected chi connectivity index (χ0v) is 9.05. The molecule has 0 spiro atoms. The Morgan fingerprint density at radius 2 is 2.21 bits per heavy atom. The lowest BCUT2D eigenvalue weighted by Crippen LogP contribution is -1.92. The third-order valence-corrected chi connectivity index (χ3v) is 2.14. The van der Waals surface area contributed by atoms with E-state index in [1.807, 2.05) is 6.07 Å². The average molecular weight is 258 g/mol. The highest BCUT2D eigenvalue weighted by atomic mass is 79.9. The van der Waals surface area contributed by atoms with E-state index in [2.05, 4.69) is 22.0 Å². The highest BCUT2D eigenvalue weighted by Crippen LogP contribution is 2.22. The van der Waals surface area contributed by atoms with E-state index in [0.29, 0.717) is 18.6 Å². The monoisotopic (exact) mass is 257 g/mol. The standard InChI is InChI=1S/C10H9BrFNO/c11-9-4-8(2-1-3-13)5-10(6-9)14-7-12/h4-6H,1-2,7H2. The van der Waals surface area contributed by atoms with Crippen molar-refractivity contribution >= 4 is 15.9 Å². The van der Waals surface area contributed by atoms with Gasteiger partial charge in [0.15, 0.2) is 0 Å². The van der Waals surface area contributed by atoms with Gasteiger partial charge in [0.2, 0.25) is 6.86 Å². The van der Waals surface area contributed by atoms with Crippen molar-refractivity contribution in [3.8, 4) is 11.8 Å². The van der Waals surface area contributed by atoms with Gasteiger partial charge < -0.3 is 4.74 Å². The number of halogens is 2. The number of benzene rings is 1. The molecule has 0 unspecified atom stereocenters. The number of rotatable bonds is 4. The molecule has 0 aliphatic heterocycles. The van der Waals surface area contributed by atoms with Crippen molar-refractivity contribution in [1.82, 2.24) is 0 Å². The summed E-state index contributed by atoms with van der Waals surface area (Å²) in [4.78, 5) is 0. The fourth-order valence-corrected chi connectivity index (χ4v) is 1.63. The van der Waals surface area contributed by atoms with E-state index in [0.717, 1.165) is 10.0 Å². The van der Waals surface area contributed by atoms with Crippen LogP contribution < -0.4 is 4.74 Å². The molecule has 0 radical (unpaired) electrons. The van der Waals surface area contributed by atoms with Gasteiger partial charge in [-0.25, -0.2) is 4.39 Å². The van der Waals surface area contributed by atoms with Crippen molar-refractivity contribution in [1.29, 1.82) is 5.26 Å². The van der Waals surface area contributed by atoms with Gasteiger partial charge in [0.05, 0.1) is 6.07 Å². The number of aryl methyl sites for hydroxylation is 1. The van der Waals surface area contributed by atoms with Crippen LogP contribution in [0, 0.1) is 11.3 Å². The molecule has 0 saturated heterocycles. The fraction of sp³-hybridized carbons (Fsp3) is 0.300. The SMILES string of the molecule is N#CCCc1cc(Br)cc(OCF)c1. The largest absolute Gasteiger partial charge is 0.463 e. The first-order chi connectivity index (χ1) is 6.76. The Kier molecular flexibility index (Phi) is 4.41. The normalized spacial score (nSPS) is 9.50. The van der Waals surface area contributed by atoms with E-state index in [-0.39, 0.29) is 0 Å². The minimum Gasteiger partial charge on any atom is -0.463 e. The van der Waals surface area contributed by atoms with Crippen molar-refractivity contribution < 1.29 is 9.13 Å². The molecule has 4 heteroatoms. The summed E-state index contributed by atoms with van der Waals surface area (Å²) in [5, 5.41) is 8.42. The highest BCUT2D eigenvalue weighted by molar-refractivity contribution is 9.10. The van der Waals surface area contributed by atoms with Gasteiger partial charge in [-0.1, -0.05) is 15.9 Å². The number of nitrogens with zero attached hydrogens (tertiary/aromatic N) is 1. The van der Waals surface area contributed by atoms with Gasteiger partial charge in [0, 0.05) is 10.9 Å². The number of hydrogen-bond acceptors (Lipinski definition) is 2. The van der Waals surface area contributed by atoms with Gasteiger partial charge in [-0.15, -0.1) is 0 Å². The lowest BCUT2D eigenvalue weighted by atomic mass is 10.1. The summed E-state index contributed by atoms with van der Waals surface area (Å²) in [5.74, 6) is 0.481. The molecular formula is C10H9BrFNO. The first kappa shape index (κ1) is 11.0. The molecule has 0 heterocycles. The summed E-state index contributed by atoms with van der Waals surface area (Å²) in [6.45, 7) is -0.839. The summed E-state index contributed by atoms with van der Waals surface area (Å²) in [7, 11) is 0. The van der Waals surface area contributed by atoms with Crippen LogP contribution in [-0.2, 0) is 6.42 Å². The van der Waals surface area contributed by atoms with Crippen molar-refractivity contribution in [2.75, 3.05) is 6.86 Å². The summed E-state index contributed by atoms with van der Waals surface area (Å²) in [6, 6.07) is 7.38. The van der Waals surface area contributed by atoms with Gasteiger partial charge in [0.1, 0.15) is 5.75 Å². The van der Waals surface area contributed by atoms with Gasteiger partial charge >= 0.3 is 0 Å². The molecule has 1 aromatic carbocycles. The van der Waals surface area contributed by atoms with Crippen LogP contribution in [0.5, 0.6) is 5.75 Å². The number of alkyl halides is 1. The second-order valence-corrected chi connectivity index (χ2v) is 3.62. The molecule has 2 nitrogen and oxygen atoms in total. The Hall–Kier alpha value is -1.08. The molecule has 1 aromatic rings. The van der Waals surface area contributed by atoms with Crippen molar-refractivity contribution in [2.45, 2.75) is 12.8 Å². The predicted octanol–water partition coefficient (Wildman–Crippen LogP) is 3.21. The molecule has 0 amide bonds. The van der Waals surface area contributed by atoms with Crippen LogP contribution in [0.2, 0.25) is 0 Å². The second-order valence-electron chi connectivity index (χ2n) is 2.71. The average Bonchev–Trinajstić information content (AvgIpc) is 2.14. The molecule has 0 saturated carbocycles. The fourth-order valence-electron chi connectivity index (χ4n) is 1.11. The Balaban J connectivity index is 2.79. The third-order valence-electron chi connectivity index (χ3n) is 1.68. The summed E-state index contributed by atoms with van der Waals surface area (Å²) in [5.41, 5.74) is 0.962. The molecule has 0 bridgehead atoms. The molecule has 0 aliphatic carbocycles. The molecule has 14 heavy (non-hydrogen) atoms. The van der Waals surface area contributed by atoms with Gasteiger partial charge in [-0.3, -0.25) is 0 Å². The van der Waals surface area contributed by atoms with E-state index in [1.54, 1.807) is 12.1 Å². The van der Waals surface area contributed by atoms with Crippen LogP contribution >= 0.6 is 15.9 Å². The lowest BCUT2D eigenvalue weighted by Gasteiger charge is -2.04. The predicted molar refractivity (Wildman–Crippen MR) is 54.7 cm³/mol. The summed E-state index contributed by atoms with van der Waals surface area (Å²) >= 11 is 3.29. The summed E-state index contributed by atoms with van der Waals surface area (Å²) in [6.07, 6.45) is 1.10. The van der Waals surface area contributed by atoms with Crippen molar-refractivity contribution in [3.63, 3.8) is 0 Å². The minimum atomic E-state index is -0.839. The van der Waals surface area contributed by atoms with Crippen molar-refractivity contribution in [2.24, 2.45) is 0 Å². The van der Waals surface area contributed by atoms with E-state index >= 15 is 0 Å². The maximum absolute atomic E-state index is 11.9. The molecule has 74 valence electrons. The molecular weight excluding hydrogens is 249 g/mol. The lowest BCUT2D eigenvalue weighted by molar-refractivity contribution is 0.191. The maximum atomic E-state index is 11.9. The van der Waals surface area contributed by atoms with E-state index in [9.17, 15) is 4.39 Å². The van der Waals surface area contributed by atoms with Crippen LogP contribution in [0.4, 0.5) is 4.39 Å². The molecule has 0 aromatic heterocycles. The molecule has 0 fully saturated rings. The Morgan fingerprint density at radius 3 is 2.86 bits per heavy atom. The molecule has 0 N–H and O–H groups in total. The Morgan fingerprint density at radius 1 is 1.43 bits per heavy atom. The topological polar surface area (TPSA) is 33.0 Å². The Labute approximate surface area is 90.4 Å². The summed E-state index contributed by atoms with van der Waals surface area (Å²) < 4.78 is 17.5. The highest BCUT2D eigenvalue weighted by Gasteiger charge is 2.00. The maximum Gasteiger partial charge on any atom is 0.228 e. The van der Waals surface area contributed by atoms with Gasteiger partial charge in [-0.05, 0) is 30.2 Å². The minimum absolute atomic E-state index is 0.450. The molecule has 1 rings (SSSR count). The van der Waals surface area contributed by atoms with Crippen LogP contribution in [0.15, 0.2) is 22.7 Å². The second kappa shape index (κ2) is 5.61. The first-order valence-electron chi connectivity index (χ1n) is 4.11. The van der Waals surface area contributed by atoms with Gasteiger partial charge in [0.25, 0.3) is 0 Å². The number of nitriles is 1. The number of ether oxygens (including phenoxy) is 1. The zero-order valence-electron chi connectivity index (χ0n) is 7.46. The van der Waals surface area contributed by atoms with E-state index < -0.39 is 6.86 Å². The Bertz CT molecular complexity index is 348. The molecule has 0 atom stereocenters. The number of hydrogen-bond donors (Lipinski definition) is 0. The smallest absolute Gasteiger partial charge is 0.228 e. The van der Waals surface area contributed by atoms with Gasteiger partial charge in [-0.2, -0.15) is 5.26 Å². The van der Waals surface area contributed by atoms with Crippen LogP contribution in [-0.4, -0.2) is 6.86 Å².